The minimum atomic E-state index is 0.121. The zero-order valence-corrected chi connectivity index (χ0v) is 15.9. The number of hydrogen-bond donors (Lipinski definition) is 0. The maximum atomic E-state index is 12.5. The molecule has 7 nitrogen and oxygen atoms in total. The van der Waals surface area contributed by atoms with Crippen molar-refractivity contribution in [2.24, 2.45) is 0 Å². The van der Waals surface area contributed by atoms with E-state index >= 15 is 0 Å². The van der Waals surface area contributed by atoms with Gasteiger partial charge in [-0.1, -0.05) is 23.8 Å². The molecule has 0 bridgehead atoms. The molecule has 0 aliphatic carbocycles. The van der Waals surface area contributed by atoms with E-state index in [4.69, 9.17) is 4.42 Å². The Morgan fingerprint density at radius 2 is 1.82 bits per heavy atom. The van der Waals surface area contributed by atoms with Gasteiger partial charge in [0.25, 0.3) is 0 Å². The van der Waals surface area contributed by atoms with Crippen molar-refractivity contribution >= 4 is 11.7 Å². The number of aryl methyl sites for hydroxylation is 2. The maximum Gasteiger partial charge on any atom is 0.247 e. The predicted molar refractivity (Wildman–Crippen MR) is 106 cm³/mol. The normalized spacial score (nSPS) is 14.3. The Morgan fingerprint density at radius 1 is 1.04 bits per heavy atom. The van der Waals surface area contributed by atoms with Crippen LogP contribution in [0.1, 0.15) is 17.9 Å². The lowest BCUT2D eigenvalue weighted by Gasteiger charge is -2.35. The lowest BCUT2D eigenvalue weighted by Crippen LogP contribution is -2.49. The molecule has 7 heteroatoms. The fourth-order valence-electron chi connectivity index (χ4n) is 3.27. The largest absolute Gasteiger partial charge is 0.421 e. The van der Waals surface area contributed by atoms with Crippen LogP contribution in [0.15, 0.2) is 53.1 Å². The molecule has 0 spiro atoms. The smallest absolute Gasteiger partial charge is 0.247 e. The summed E-state index contributed by atoms with van der Waals surface area (Å²) >= 11 is 0. The van der Waals surface area contributed by atoms with Gasteiger partial charge in [0.15, 0.2) is 0 Å². The molecule has 0 radical (unpaired) electrons. The molecule has 0 saturated carbocycles. The molecule has 3 heterocycles. The molecule has 1 saturated heterocycles. The van der Waals surface area contributed by atoms with Gasteiger partial charge in [0.2, 0.25) is 17.7 Å². The molecule has 0 N–H and O–H groups in total. The van der Waals surface area contributed by atoms with Crippen LogP contribution in [0.25, 0.3) is 11.5 Å². The third-order valence-electron chi connectivity index (χ3n) is 4.92. The van der Waals surface area contributed by atoms with Crippen molar-refractivity contribution in [1.29, 1.82) is 0 Å². The number of pyridine rings is 1. The van der Waals surface area contributed by atoms with Gasteiger partial charge in [-0.3, -0.25) is 4.79 Å². The SMILES string of the molecule is Cc1ccc(-c2nnc(CCC(=O)N3CCN(c4ccccn4)CC3)o2)cc1. The van der Waals surface area contributed by atoms with E-state index in [9.17, 15) is 4.79 Å². The standard InChI is InChI=1S/C21H23N5O2/c1-16-5-7-17(8-6-16)21-24-23-19(28-21)9-10-20(27)26-14-12-25(13-15-26)18-4-2-3-11-22-18/h2-8,11H,9-10,12-15H2,1H3. The van der Waals surface area contributed by atoms with Crippen LogP contribution >= 0.6 is 0 Å². The summed E-state index contributed by atoms with van der Waals surface area (Å²) in [6.45, 7) is 5.02. The van der Waals surface area contributed by atoms with Gasteiger partial charge in [0, 0.05) is 50.8 Å². The topological polar surface area (TPSA) is 75.4 Å². The average molecular weight is 377 g/mol. The second-order valence-corrected chi connectivity index (χ2v) is 6.92. The predicted octanol–water partition coefficient (Wildman–Crippen LogP) is 2.72. The number of carbonyl (C=O) groups is 1. The molecular formula is C21H23N5O2. The van der Waals surface area contributed by atoms with E-state index in [0.717, 1.165) is 24.5 Å². The Balaban J connectivity index is 1.28. The third kappa shape index (κ3) is 4.19. The third-order valence-corrected chi connectivity index (χ3v) is 4.92. The summed E-state index contributed by atoms with van der Waals surface area (Å²) in [5, 5.41) is 8.17. The van der Waals surface area contributed by atoms with Gasteiger partial charge in [0.1, 0.15) is 5.82 Å². The van der Waals surface area contributed by atoms with Gasteiger partial charge < -0.3 is 14.2 Å². The average Bonchev–Trinajstić information content (AvgIpc) is 3.22. The van der Waals surface area contributed by atoms with Crippen molar-refractivity contribution in [2.75, 3.05) is 31.1 Å². The fraction of sp³-hybridized carbons (Fsp3) is 0.333. The van der Waals surface area contributed by atoms with Crippen LogP contribution in [0.3, 0.4) is 0 Å². The molecule has 1 fully saturated rings. The summed E-state index contributed by atoms with van der Waals surface area (Å²) in [5.74, 6) is 2.07. The second-order valence-electron chi connectivity index (χ2n) is 6.92. The van der Waals surface area contributed by atoms with Crippen molar-refractivity contribution in [3.63, 3.8) is 0 Å². The van der Waals surface area contributed by atoms with E-state index in [1.54, 1.807) is 6.20 Å². The highest BCUT2D eigenvalue weighted by Crippen LogP contribution is 2.19. The molecule has 3 aromatic rings. The Kier molecular flexibility index (Phi) is 5.32. The number of hydrogen-bond acceptors (Lipinski definition) is 6. The first-order chi connectivity index (χ1) is 13.7. The highest BCUT2D eigenvalue weighted by Gasteiger charge is 2.22. The van der Waals surface area contributed by atoms with Gasteiger partial charge in [-0.25, -0.2) is 4.98 Å². The lowest BCUT2D eigenvalue weighted by molar-refractivity contribution is -0.131. The van der Waals surface area contributed by atoms with Gasteiger partial charge in [-0.05, 0) is 31.2 Å². The number of nitrogens with zero attached hydrogens (tertiary/aromatic N) is 5. The molecule has 1 aliphatic rings. The van der Waals surface area contributed by atoms with Crippen molar-refractivity contribution in [1.82, 2.24) is 20.1 Å². The number of amides is 1. The van der Waals surface area contributed by atoms with Crippen LogP contribution < -0.4 is 4.90 Å². The van der Waals surface area contributed by atoms with Crippen LogP contribution in [0.4, 0.5) is 5.82 Å². The Bertz CT molecular complexity index is 915. The zero-order chi connectivity index (χ0) is 19.3. The zero-order valence-electron chi connectivity index (χ0n) is 15.9. The molecule has 1 aliphatic heterocycles. The minimum absolute atomic E-state index is 0.121. The first-order valence-electron chi connectivity index (χ1n) is 9.52. The molecule has 28 heavy (non-hydrogen) atoms. The Morgan fingerprint density at radius 3 is 2.54 bits per heavy atom. The van der Waals surface area contributed by atoms with Crippen molar-refractivity contribution in [2.45, 2.75) is 19.8 Å². The first-order valence-corrected chi connectivity index (χ1v) is 9.52. The van der Waals surface area contributed by atoms with Crippen LogP contribution in [-0.4, -0.2) is 52.2 Å². The molecule has 0 unspecified atom stereocenters. The van der Waals surface area contributed by atoms with E-state index in [0.29, 0.717) is 37.7 Å². The number of benzene rings is 1. The molecular weight excluding hydrogens is 354 g/mol. The van der Waals surface area contributed by atoms with Crippen molar-refractivity contribution < 1.29 is 9.21 Å². The Labute approximate surface area is 164 Å². The van der Waals surface area contributed by atoms with Crippen LogP contribution in [0.2, 0.25) is 0 Å². The number of anilines is 1. The second kappa shape index (κ2) is 8.21. The summed E-state index contributed by atoms with van der Waals surface area (Å²) in [6, 6.07) is 13.8. The quantitative estimate of drug-likeness (QED) is 0.681. The first kappa shape index (κ1) is 18.2. The van der Waals surface area contributed by atoms with Gasteiger partial charge in [-0.15, -0.1) is 10.2 Å². The minimum Gasteiger partial charge on any atom is -0.421 e. The summed E-state index contributed by atoms with van der Waals surface area (Å²) in [4.78, 5) is 21.0. The Hall–Kier alpha value is -3.22. The number of piperazine rings is 1. The van der Waals surface area contributed by atoms with E-state index in [1.165, 1.54) is 5.56 Å². The molecule has 4 rings (SSSR count). The fourth-order valence-corrected chi connectivity index (χ4v) is 3.27. The van der Waals surface area contributed by atoms with E-state index in [-0.39, 0.29) is 5.91 Å². The van der Waals surface area contributed by atoms with E-state index in [2.05, 4.69) is 20.1 Å². The van der Waals surface area contributed by atoms with Gasteiger partial charge >= 0.3 is 0 Å². The van der Waals surface area contributed by atoms with E-state index in [1.807, 2.05) is 54.3 Å². The molecule has 2 aromatic heterocycles. The molecule has 1 amide bonds. The van der Waals surface area contributed by atoms with Crippen LogP contribution in [0, 0.1) is 6.92 Å². The molecule has 0 atom stereocenters. The van der Waals surface area contributed by atoms with Crippen molar-refractivity contribution in [3.8, 4) is 11.5 Å². The monoisotopic (exact) mass is 377 g/mol. The van der Waals surface area contributed by atoms with Gasteiger partial charge in [0.05, 0.1) is 0 Å². The van der Waals surface area contributed by atoms with Gasteiger partial charge in [-0.2, -0.15) is 0 Å². The van der Waals surface area contributed by atoms with E-state index < -0.39 is 0 Å². The lowest BCUT2D eigenvalue weighted by atomic mass is 10.1. The number of carbonyl (C=O) groups excluding carboxylic acids is 1. The van der Waals surface area contributed by atoms with Crippen molar-refractivity contribution in [3.05, 3.63) is 60.1 Å². The molecule has 1 aromatic carbocycles. The number of rotatable bonds is 5. The highest BCUT2D eigenvalue weighted by molar-refractivity contribution is 5.76. The van der Waals surface area contributed by atoms with Crippen LogP contribution in [0.5, 0.6) is 0 Å². The number of aromatic nitrogens is 3. The molecule has 144 valence electrons. The summed E-state index contributed by atoms with van der Waals surface area (Å²) in [5.41, 5.74) is 2.07. The maximum absolute atomic E-state index is 12.5. The highest BCUT2D eigenvalue weighted by atomic mass is 16.4. The summed E-state index contributed by atoms with van der Waals surface area (Å²) in [6.07, 6.45) is 2.62. The van der Waals surface area contributed by atoms with Crippen LogP contribution in [-0.2, 0) is 11.2 Å². The summed E-state index contributed by atoms with van der Waals surface area (Å²) in [7, 11) is 0. The summed E-state index contributed by atoms with van der Waals surface area (Å²) < 4.78 is 5.71.